The maximum Gasteiger partial charge on any atom is 0.343 e. The van der Waals surface area contributed by atoms with Crippen molar-refractivity contribution in [2.75, 3.05) is 6.61 Å². The van der Waals surface area contributed by atoms with Crippen LogP contribution in [0.4, 0.5) is 0 Å². The molecule has 3 nitrogen and oxygen atoms in total. The third kappa shape index (κ3) is 3.05. The molecular formula is C23H28O3. The van der Waals surface area contributed by atoms with E-state index in [0.29, 0.717) is 23.7 Å². The van der Waals surface area contributed by atoms with E-state index in [1.54, 1.807) is 12.1 Å². The normalized spacial score (nSPS) is 19.8. The van der Waals surface area contributed by atoms with Crippen LogP contribution < -0.4 is 4.74 Å². The van der Waals surface area contributed by atoms with Gasteiger partial charge in [-0.25, -0.2) is 4.79 Å². The molecule has 0 radical (unpaired) electrons. The Hall–Kier alpha value is -2.13. The minimum Gasteiger partial charge on any atom is -0.423 e. The highest BCUT2D eigenvalue weighted by Gasteiger charge is 2.48. The summed E-state index contributed by atoms with van der Waals surface area (Å²) in [5, 5.41) is 8.98. The number of hydrogen-bond donors (Lipinski definition) is 1. The molecule has 0 spiro atoms. The van der Waals surface area contributed by atoms with E-state index in [1.807, 2.05) is 24.3 Å². The van der Waals surface area contributed by atoms with Crippen LogP contribution in [-0.2, 0) is 17.3 Å². The van der Waals surface area contributed by atoms with Crippen LogP contribution in [0.3, 0.4) is 0 Å². The molecule has 0 saturated heterocycles. The first-order valence-electron chi connectivity index (χ1n) is 9.25. The van der Waals surface area contributed by atoms with Gasteiger partial charge in [0.15, 0.2) is 0 Å². The van der Waals surface area contributed by atoms with Crippen LogP contribution in [-0.4, -0.2) is 17.7 Å². The number of benzene rings is 2. The Bertz CT molecular complexity index is 816. The van der Waals surface area contributed by atoms with Crippen molar-refractivity contribution in [3.05, 3.63) is 64.7 Å². The second-order valence-corrected chi connectivity index (χ2v) is 8.43. The van der Waals surface area contributed by atoms with E-state index in [1.165, 1.54) is 11.1 Å². The summed E-state index contributed by atoms with van der Waals surface area (Å²) >= 11 is 0. The van der Waals surface area contributed by atoms with E-state index in [4.69, 9.17) is 9.84 Å². The first-order chi connectivity index (χ1) is 12.2. The zero-order valence-corrected chi connectivity index (χ0v) is 16.3. The minimum absolute atomic E-state index is 0.0349. The number of esters is 1. The molecule has 0 aromatic heterocycles. The summed E-state index contributed by atoms with van der Waals surface area (Å²) in [5.74, 6) is 0.727. The monoisotopic (exact) mass is 352 g/mol. The lowest BCUT2D eigenvalue weighted by atomic mass is 9.71. The summed E-state index contributed by atoms with van der Waals surface area (Å²) in [6.07, 6.45) is 0.587. The Balaban J connectivity index is 1.84. The van der Waals surface area contributed by atoms with Gasteiger partial charge < -0.3 is 9.84 Å². The summed E-state index contributed by atoms with van der Waals surface area (Å²) in [5.41, 5.74) is 4.25. The van der Waals surface area contributed by atoms with Crippen molar-refractivity contribution in [2.45, 2.75) is 51.9 Å². The molecule has 0 amide bonds. The molecular weight excluding hydrogens is 324 g/mol. The van der Waals surface area contributed by atoms with Gasteiger partial charge in [-0.2, -0.15) is 0 Å². The van der Waals surface area contributed by atoms with Crippen molar-refractivity contribution in [3.63, 3.8) is 0 Å². The quantitative estimate of drug-likeness (QED) is 0.644. The van der Waals surface area contributed by atoms with E-state index < -0.39 is 0 Å². The Morgan fingerprint density at radius 2 is 1.62 bits per heavy atom. The summed E-state index contributed by atoms with van der Waals surface area (Å²) in [6.45, 7) is 11.5. The molecule has 0 bridgehead atoms. The molecule has 138 valence electrons. The molecule has 0 heterocycles. The van der Waals surface area contributed by atoms with Crippen LogP contribution in [0, 0.1) is 5.92 Å². The van der Waals surface area contributed by atoms with Crippen molar-refractivity contribution >= 4 is 5.97 Å². The SMILES string of the molecule is CC1C(C)(C)c2ccc(OC(=O)c3ccc(CCO)cc3)cc2C1(C)C. The standard InChI is InChI=1S/C23H28O3/c1-15-22(2,3)19-11-10-18(14-20(19)23(15,4)5)26-21(25)17-8-6-16(7-9-17)12-13-24/h6-11,14-15,24H,12-13H2,1-5H3. The molecule has 1 atom stereocenters. The number of ether oxygens (including phenoxy) is 1. The fraction of sp³-hybridized carbons (Fsp3) is 0.435. The maximum atomic E-state index is 12.5. The summed E-state index contributed by atoms with van der Waals surface area (Å²) < 4.78 is 5.63. The molecule has 3 heteroatoms. The van der Waals surface area contributed by atoms with Crippen molar-refractivity contribution < 1.29 is 14.6 Å². The van der Waals surface area contributed by atoms with Gasteiger partial charge in [0.05, 0.1) is 5.56 Å². The summed E-state index contributed by atoms with van der Waals surface area (Å²) in [6, 6.07) is 13.2. The van der Waals surface area contributed by atoms with E-state index in [9.17, 15) is 4.79 Å². The Kier molecular flexibility index (Phi) is 4.70. The highest BCUT2D eigenvalue weighted by Crippen LogP contribution is 2.54. The molecule has 0 aliphatic heterocycles. The third-order valence-corrected chi connectivity index (χ3v) is 6.35. The number of carbonyl (C=O) groups excluding carboxylic acids is 1. The van der Waals surface area contributed by atoms with E-state index in [0.717, 1.165) is 5.56 Å². The molecule has 1 aliphatic carbocycles. The Morgan fingerprint density at radius 1 is 1.00 bits per heavy atom. The lowest BCUT2D eigenvalue weighted by Crippen LogP contribution is -2.30. The van der Waals surface area contributed by atoms with Crippen LogP contribution in [0.5, 0.6) is 5.75 Å². The second-order valence-electron chi connectivity index (χ2n) is 8.43. The van der Waals surface area contributed by atoms with Crippen LogP contribution in [0.25, 0.3) is 0 Å². The molecule has 3 rings (SSSR count). The average molecular weight is 352 g/mol. The highest BCUT2D eigenvalue weighted by molar-refractivity contribution is 5.91. The molecule has 1 N–H and O–H groups in total. The number of rotatable bonds is 4. The molecule has 0 saturated carbocycles. The lowest BCUT2D eigenvalue weighted by Gasteiger charge is -2.32. The smallest absolute Gasteiger partial charge is 0.343 e. The molecule has 26 heavy (non-hydrogen) atoms. The van der Waals surface area contributed by atoms with Gasteiger partial charge in [-0.1, -0.05) is 52.8 Å². The zero-order valence-electron chi connectivity index (χ0n) is 16.3. The molecule has 2 aromatic carbocycles. The molecule has 0 fully saturated rings. The first kappa shape index (κ1) is 18.7. The van der Waals surface area contributed by atoms with Gasteiger partial charge in [0.25, 0.3) is 0 Å². The fourth-order valence-corrected chi connectivity index (χ4v) is 4.15. The van der Waals surface area contributed by atoms with Gasteiger partial charge in [-0.15, -0.1) is 0 Å². The van der Waals surface area contributed by atoms with Gasteiger partial charge >= 0.3 is 5.97 Å². The number of aliphatic hydroxyl groups is 1. The highest BCUT2D eigenvalue weighted by atomic mass is 16.5. The van der Waals surface area contributed by atoms with Crippen LogP contribution in [0.1, 0.15) is 61.7 Å². The molecule has 2 aromatic rings. The number of fused-ring (bicyclic) bond motifs is 1. The predicted octanol–water partition coefficient (Wildman–Crippen LogP) is 4.65. The number of aliphatic hydroxyl groups excluding tert-OH is 1. The second kappa shape index (κ2) is 6.55. The Morgan fingerprint density at radius 3 is 2.23 bits per heavy atom. The zero-order chi connectivity index (χ0) is 19.1. The lowest BCUT2D eigenvalue weighted by molar-refractivity contribution is 0.0734. The minimum atomic E-state index is -0.358. The first-order valence-corrected chi connectivity index (χ1v) is 9.25. The van der Waals surface area contributed by atoms with Crippen molar-refractivity contribution in [3.8, 4) is 5.75 Å². The number of carbonyl (C=O) groups is 1. The van der Waals surface area contributed by atoms with Gasteiger partial charge in [0.1, 0.15) is 5.75 Å². The van der Waals surface area contributed by atoms with Gasteiger partial charge in [-0.05, 0) is 64.1 Å². The Labute approximate surface area is 156 Å². The topological polar surface area (TPSA) is 46.5 Å². The molecule has 1 unspecified atom stereocenters. The van der Waals surface area contributed by atoms with Crippen molar-refractivity contribution in [2.24, 2.45) is 5.92 Å². The van der Waals surface area contributed by atoms with Gasteiger partial charge in [0.2, 0.25) is 0 Å². The van der Waals surface area contributed by atoms with Gasteiger partial charge in [0, 0.05) is 6.61 Å². The maximum absolute atomic E-state index is 12.5. The van der Waals surface area contributed by atoms with Crippen LogP contribution in [0.2, 0.25) is 0 Å². The van der Waals surface area contributed by atoms with E-state index in [-0.39, 0.29) is 23.4 Å². The van der Waals surface area contributed by atoms with Gasteiger partial charge in [-0.3, -0.25) is 0 Å². The summed E-state index contributed by atoms with van der Waals surface area (Å²) in [4.78, 5) is 12.5. The van der Waals surface area contributed by atoms with E-state index >= 15 is 0 Å². The summed E-state index contributed by atoms with van der Waals surface area (Å²) in [7, 11) is 0. The molecule has 1 aliphatic rings. The predicted molar refractivity (Wildman–Crippen MR) is 104 cm³/mol. The largest absolute Gasteiger partial charge is 0.423 e. The third-order valence-electron chi connectivity index (χ3n) is 6.35. The van der Waals surface area contributed by atoms with Crippen molar-refractivity contribution in [1.82, 2.24) is 0 Å². The number of hydrogen-bond acceptors (Lipinski definition) is 3. The van der Waals surface area contributed by atoms with E-state index in [2.05, 4.69) is 40.7 Å². The van der Waals surface area contributed by atoms with Crippen LogP contribution >= 0.6 is 0 Å². The fourth-order valence-electron chi connectivity index (χ4n) is 4.15. The average Bonchev–Trinajstić information content (AvgIpc) is 2.74. The van der Waals surface area contributed by atoms with Crippen LogP contribution in [0.15, 0.2) is 42.5 Å². The van der Waals surface area contributed by atoms with Crippen molar-refractivity contribution in [1.29, 1.82) is 0 Å².